The number of aromatic nitrogens is 4. The molecule has 2 aromatic heterocycles. The Kier molecular flexibility index (Phi) is 4.65. The molecule has 0 fully saturated rings. The standard InChI is InChI=1S/C19H16N6O4/c1-20-17(26)11-24-19(28)25(23-22-24)14-8-6-13(7-9-14)21-18(27)16-10-12-4-2-3-5-15(12)29-16/h2-10H,11H2,1H3,(H,20,26)(H,21,27). The van der Waals surface area contributed by atoms with Gasteiger partial charge < -0.3 is 15.1 Å². The molecule has 2 N–H and O–H groups in total. The van der Waals surface area contributed by atoms with Crippen molar-refractivity contribution >= 4 is 28.5 Å². The second-order valence-electron chi connectivity index (χ2n) is 6.15. The normalized spacial score (nSPS) is 10.8. The predicted octanol–water partition coefficient (Wildman–Crippen LogP) is 1.17. The Morgan fingerprint density at radius 1 is 1.07 bits per heavy atom. The van der Waals surface area contributed by atoms with Crippen molar-refractivity contribution in [2.45, 2.75) is 6.54 Å². The number of rotatable bonds is 5. The zero-order chi connectivity index (χ0) is 20.4. The van der Waals surface area contributed by atoms with Crippen LogP contribution in [-0.2, 0) is 11.3 Å². The third kappa shape index (κ3) is 3.63. The molecule has 0 spiro atoms. The highest BCUT2D eigenvalue weighted by Gasteiger charge is 2.14. The maximum atomic E-state index is 12.4. The topological polar surface area (TPSA) is 124 Å². The summed E-state index contributed by atoms with van der Waals surface area (Å²) < 4.78 is 7.56. The number of fused-ring (bicyclic) bond motifs is 1. The van der Waals surface area contributed by atoms with Crippen molar-refractivity contribution < 1.29 is 14.0 Å². The number of anilines is 1. The summed E-state index contributed by atoms with van der Waals surface area (Å²) in [4.78, 5) is 36.1. The van der Waals surface area contributed by atoms with E-state index in [0.29, 0.717) is 17.0 Å². The second-order valence-corrected chi connectivity index (χ2v) is 6.15. The Morgan fingerprint density at radius 2 is 1.83 bits per heavy atom. The minimum Gasteiger partial charge on any atom is -0.451 e. The van der Waals surface area contributed by atoms with Gasteiger partial charge in [0.1, 0.15) is 12.1 Å². The maximum absolute atomic E-state index is 12.4. The molecule has 2 heterocycles. The molecule has 4 aromatic rings. The SMILES string of the molecule is CNC(=O)Cn1nnn(-c2ccc(NC(=O)c3cc4ccccc4o3)cc2)c1=O. The summed E-state index contributed by atoms with van der Waals surface area (Å²) in [6, 6.07) is 15.5. The van der Waals surface area contributed by atoms with Gasteiger partial charge in [0.25, 0.3) is 5.91 Å². The van der Waals surface area contributed by atoms with E-state index in [4.69, 9.17) is 4.42 Å². The van der Waals surface area contributed by atoms with Gasteiger partial charge in [-0.15, -0.1) is 0 Å². The van der Waals surface area contributed by atoms with Crippen LogP contribution in [0.5, 0.6) is 0 Å². The molecule has 0 saturated carbocycles. The summed E-state index contributed by atoms with van der Waals surface area (Å²) in [5, 5.41) is 13.4. The molecule has 0 unspecified atom stereocenters. The lowest BCUT2D eigenvalue weighted by Crippen LogP contribution is -2.31. The monoisotopic (exact) mass is 392 g/mol. The molecule has 10 nitrogen and oxygen atoms in total. The maximum Gasteiger partial charge on any atom is 0.368 e. The van der Waals surface area contributed by atoms with Crippen molar-refractivity contribution in [3.63, 3.8) is 0 Å². The molecule has 0 aliphatic rings. The molecular formula is C19H16N6O4. The molecule has 0 radical (unpaired) electrons. The van der Waals surface area contributed by atoms with Crippen molar-refractivity contribution in [1.82, 2.24) is 25.1 Å². The van der Waals surface area contributed by atoms with Gasteiger partial charge in [0.2, 0.25) is 5.91 Å². The molecule has 10 heteroatoms. The van der Waals surface area contributed by atoms with Crippen LogP contribution in [0.2, 0.25) is 0 Å². The van der Waals surface area contributed by atoms with Crippen molar-refractivity contribution in [2.24, 2.45) is 0 Å². The molecule has 4 rings (SSSR count). The number of nitrogens with one attached hydrogen (secondary N) is 2. The third-order valence-corrected chi connectivity index (χ3v) is 4.23. The fourth-order valence-electron chi connectivity index (χ4n) is 2.72. The predicted molar refractivity (Wildman–Crippen MR) is 104 cm³/mol. The Labute approximate surface area is 163 Å². The van der Waals surface area contributed by atoms with Gasteiger partial charge in [-0.25, -0.2) is 4.79 Å². The number of tetrazole rings is 1. The summed E-state index contributed by atoms with van der Waals surface area (Å²) >= 11 is 0. The lowest BCUT2D eigenvalue weighted by Gasteiger charge is -2.04. The lowest BCUT2D eigenvalue weighted by atomic mass is 10.2. The van der Waals surface area contributed by atoms with E-state index in [1.165, 1.54) is 7.05 Å². The summed E-state index contributed by atoms with van der Waals surface area (Å²) in [5.74, 6) is -0.547. The van der Waals surface area contributed by atoms with E-state index in [-0.39, 0.29) is 24.1 Å². The molecule has 0 aliphatic heterocycles. The summed E-state index contributed by atoms with van der Waals surface area (Å²) in [6.45, 7) is -0.221. The highest BCUT2D eigenvalue weighted by molar-refractivity contribution is 6.04. The zero-order valence-electron chi connectivity index (χ0n) is 15.3. The van der Waals surface area contributed by atoms with E-state index < -0.39 is 5.69 Å². The highest BCUT2D eigenvalue weighted by Crippen LogP contribution is 2.20. The van der Waals surface area contributed by atoms with Crippen LogP contribution in [0, 0.1) is 0 Å². The first kappa shape index (κ1) is 18.2. The first-order valence-corrected chi connectivity index (χ1v) is 8.69. The summed E-state index contributed by atoms with van der Waals surface area (Å²) in [5.41, 5.74) is 1.05. The quantitative estimate of drug-likeness (QED) is 0.525. The van der Waals surface area contributed by atoms with Crippen LogP contribution >= 0.6 is 0 Å². The second kappa shape index (κ2) is 7.43. The van der Waals surface area contributed by atoms with Crippen molar-refractivity contribution in [1.29, 1.82) is 0 Å². The minimum absolute atomic E-state index is 0.198. The van der Waals surface area contributed by atoms with Crippen LogP contribution in [0.4, 0.5) is 5.69 Å². The van der Waals surface area contributed by atoms with E-state index in [2.05, 4.69) is 21.1 Å². The Morgan fingerprint density at radius 3 is 2.55 bits per heavy atom. The van der Waals surface area contributed by atoms with E-state index in [1.54, 1.807) is 36.4 Å². The molecule has 2 aromatic carbocycles. The van der Waals surface area contributed by atoms with Crippen LogP contribution in [0.3, 0.4) is 0 Å². The van der Waals surface area contributed by atoms with Gasteiger partial charge >= 0.3 is 5.69 Å². The van der Waals surface area contributed by atoms with Gasteiger partial charge in [0.05, 0.1) is 5.69 Å². The van der Waals surface area contributed by atoms with Crippen LogP contribution in [-0.4, -0.2) is 38.7 Å². The molecule has 0 aliphatic carbocycles. The van der Waals surface area contributed by atoms with Crippen LogP contribution < -0.4 is 16.3 Å². The Bertz CT molecular complexity index is 1220. The first-order chi connectivity index (χ1) is 14.0. The molecule has 146 valence electrons. The molecule has 0 atom stereocenters. The third-order valence-electron chi connectivity index (χ3n) is 4.23. The summed E-state index contributed by atoms with van der Waals surface area (Å²) in [6.07, 6.45) is 0. The molecule has 0 bridgehead atoms. The Balaban J connectivity index is 1.50. The van der Waals surface area contributed by atoms with Crippen molar-refractivity contribution in [3.05, 3.63) is 70.8 Å². The van der Waals surface area contributed by atoms with E-state index in [0.717, 1.165) is 14.7 Å². The largest absolute Gasteiger partial charge is 0.451 e. The molecular weight excluding hydrogens is 376 g/mol. The number of para-hydroxylation sites is 1. The number of furan rings is 1. The van der Waals surface area contributed by atoms with Gasteiger partial charge in [-0.2, -0.15) is 9.36 Å². The van der Waals surface area contributed by atoms with Gasteiger partial charge in [-0.3, -0.25) is 9.59 Å². The Hall–Kier alpha value is -4.21. The fourth-order valence-corrected chi connectivity index (χ4v) is 2.72. The van der Waals surface area contributed by atoms with E-state index in [9.17, 15) is 14.4 Å². The first-order valence-electron chi connectivity index (χ1n) is 8.69. The van der Waals surface area contributed by atoms with Crippen molar-refractivity contribution in [3.8, 4) is 5.69 Å². The number of benzene rings is 2. The van der Waals surface area contributed by atoms with Crippen LogP contribution in [0.15, 0.2) is 63.8 Å². The van der Waals surface area contributed by atoms with Gasteiger partial charge in [-0.05, 0) is 46.8 Å². The minimum atomic E-state index is -0.548. The fraction of sp³-hybridized carbons (Fsp3) is 0.105. The van der Waals surface area contributed by atoms with Crippen LogP contribution in [0.1, 0.15) is 10.6 Å². The van der Waals surface area contributed by atoms with Gasteiger partial charge in [-0.1, -0.05) is 18.2 Å². The molecule has 29 heavy (non-hydrogen) atoms. The summed E-state index contributed by atoms with van der Waals surface area (Å²) in [7, 11) is 1.47. The number of hydrogen-bond acceptors (Lipinski definition) is 6. The number of carbonyl (C=O) groups is 2. The lowest BCUT2D eigenvalue weighted by molar-refractivity contribution is -0.121. The average Bonchev–Trinajstić information content (AvgIpc) is 3.33. The van der Waals surface area contributed by atoms with Gasteiger partial charge in [0, 0.05) is 18.1 Å². The van der Waals surface area contributed by atoms with Crippen LogP contribution in [0.25, 0.3) is 16.7 Å². The smallest absolute Gasteiger partial charge is 0.368 e. The highest BCUT2D eigenvalue weighted by atomic mass is 16.3. The number of likely N-dealkylation sites (N-methyl/N-ethyl adjacent to an activating group) is 1. The molecule has 0 saturated heterocycles. The number of hydrogen-bond donors (Lipinski definition) is 2. The van der Waals surface area contributed by atoms with Crippen molar-refractivity contribution in [2.75, 3.05) is 12.4 Å². The number of carbonyl (C=O) groups excluding carboxylic acids is 2. The van der Waals surface area contributed by atoms with Gasteiger partial charge in [0.15, 0.2) is 5.76 Å². The molecule has 2 amide bonds. The van der Waals surface area contributed by atoms with E-state index in [1.807, 2.05) is 18.2 Å². The average molecular weight is 392 g/mol. The zero-order valence-corrected chi connectivity index (χ0v) is 15.3. The number of nitrogens with zero attached hydrogens (tertiary/aromatic N) is 4. The van der Waals surface area contributed by atoms with E-state index >= 15 is 0 Å². The number of amides is 2.